The van der Waals surface area contributed by atoms with Crippen molar-refractivity contribution in [1.82, 2.24) is 9.88 Å². The zero-order valence-corrected chi connectivity index (χ0v) is 20.8. The smallest absolute Gasteiger partial charge is 0.254 e. The fraction of sp³-hybridized carbons (Fsp3) is 0.310. The molecule has 0 bridgehead atoms. The van der Waals surface area contributed by atoms with E-state index in [-0.39, 0.29) is 11.3 Å². The number of benzene rings is 2. The van der Waals surface area contributed by atoms with Gasteiger partial charge in [-0.1, -0.05) is 63.7 Å². The number of hydrogen-bond donors (Lipinski definition) is 2. The Bertz CT molecular complexity index is 1120. The van der Waals surface area contributed by atoms with E-state index in [1.54, 1.807) is 12.3 Å². The van der Waals surface area contributed by atoms with Gasteiger partial charge in [0, 0.05) is 41.8 Å². The molecular weight excluding hydrogens is 420 g/mol. The monoisotopic (exact) mass is 456 g/mol. The minimum absolute atomic E-state index is 0.0282. The van der Waals surface area contributed by atoms with Crippen LogP contribution >= 0.6 is 0 Å². The van der Waals surface area contributed by atoms with Crippen molar-refractivity contribution in [3.8, 4) is 11.3 Å². The molecule has 0 fully saturated rings. The molecule has 0 unspecified atom stereocenters. The molecule has 0 aliphatic carbocycles. The largest absolute Gasteiger partial charge is 0.360 e. The molecular formula is C29H36N4O. The van der Waals surface area contributed by atoms with Gasteiger partial charge in [-0.15, -0.1) is 0 Å². The van der Waals surface area contributed by atoms with Crippen molar-refractivity contribution in [2.45, 2.75) is 40.7 Å². The van der Waals surface area contributed by atoms with Crippen molar-refractivity contribution in [3.05, 3.63) is 95.8 Å². The Morgan fingerprint density at radius 1 is 1.06 bits per heavy atom. The molecule has 3 aromatic rings. The topological polar surface area (TPSA) is 71.2 Å². The third-order valence-electron chi connectivity index (χ3n) is 5.81. The lowest BCUT2D eigenvalue weighted by Crippen LogP contribution is -2.41. The van der Waals surface area contributed by atoms with Crippen LogP contribution in [-0.2, 0) is 13.0 Å². The van der Waals surface area contributed by atoms with Crippen LogP contribution in [0.3, 0.4) is 0 Å². The first kappa shape index (κ1) is 25.2. The Morgan fingerprint density at radius 2 is 1.71 bits per heavy atom. The van der Waals surface area contributed by atoms with Gasteiger partial charge >= 0.3 is 0 Å². The lowest BCUT2D eigenvalue weighted by atomic mass is 9.92. The number of aryl methyl sites for hydroxylation is 1. The molecule has 2 aromatic carbocycles. The number of anilines is 1. The summed E-state index contributed by atoms with van der Waals surface area (Å²) in [5.41, 5.74) is 12.4. The fourth-order valence-electron chi connectivity index (χ4n) is 3.76. The van der Waals surface area contributed by atoms with Crippen LogP contribution in [0.1, 0.15) is 49.2 Å². The molecule has 0 radical (unpaired) electrons. The number of amides is 1. The first-order valence-electron chi connectivity index (χ1n) is 11.8. The number of nitrogens with two attached hydrogens (primary N) is 1. The van der Waals surface area contributed by atoms with Gasteiger partial charge in [-0.05, 0) is 60.7 Å². The number of aromatic nitrogens is 1. The van der Waals surface area contributed by atoms with Gasteiger partial charge in [0.05, 0.1) is 5.69 Å². The third-order valence-corrected chi connectivity index (χ3v) is 5.81. The lowest BCUT2D eigenvalue weighted by Gasteiger charge is -2.32. The number of nitrogens with zero attached hydrogens (tertiary/aromatic N) is 2. The number of carbonyl (C=O) groups is 1. The SMILES string of the molecule is C=C(C)Nc1ccc(CN(CC(C)(C)CN)C(=O)c2ccnc(-c3ccc(CC)cc3)c2)cc1. The standard InChI is InChI=1S/C29H36N4O/c1-6-22-7-11-24(12-8-22)27-17-25(15-16-31-27)28(34)33(20-29(4,5)19-30)18-23-9-13-26(14-10-23)32-21(2)3/h7-17,32H,2,6,18-20,30H2,1,3-5H3. The molecule has 1 aromatic heterocycles. The Morgan fingerprint density at radius 3 is 2.29 bits per heavy atom. The molecule has 5 heteroatoms. The first-order valence-corrected chi connectivity index (χ1v) is 11.8. The highest BCUT2D eigenvalue weighted by Crippen LogP contribution is 2.23. The summed E-state index contributed by atoms with van der Waals surface area (Å²) in [4.78, 5) is 20.1. The van der Waals surface area contributed by atoms with Gasteiger partial charge in [-0.3, -0.25) is 9.78 Å². The van der Waals surface area contributed by atoms with Crippen molar-refractivity contribution in [1.29, 1.82) is 0 Å². The molecule has 3 N–H and O–H groups in total. The van der Waals surface area contributed by atoms with Crippen LogP contribution in [0.2, 0.25) is 0 Å². The molecule has 0 aliphatic heterocycles. The number of nitrogens with one attached hydrogen (secondary N) is 1. The summed E-state index contributed by atoms with van der Waals surface area (Å²) in [5.74, 6) is -0.0282. The highest BCUT2D eigenvalue weighted by molar-refractivity contribution is 5.95. The Kier molecular flexibility index (Phi) is 8.24. The van der Waals surface area contributed by atoms with Crippen molar-refractivity contribution in [3.63, 3.8) is 0 Å². The van der Waals surface area contributed by atoms with Crippen molar-refractivity contribution in [2.24, 2.45) is 11.1 Å². The van der Waals surface area contributed by atoms with Crippen LogP contribution in [0.25, 0.3) is 11.3 Å². The van der Waals surface area contributed by atoms with Gasteiger partial charge in [0.1, 0.15) is 0 Å². The second-order valence-corrected chi connectivity index (χ2v) is 9.61. The molecule has 178 valence electrons. The molecule has 0 atom stereocenters. The lowest BCUT2D eigenvalue weighted by molar-refractivity contribution is 0.0673. The van der Waals surface area contributed by atoms with E-state index in [4.69, 9.17) is 5.73 Å². The van der Waals surface area contributed by atoms with Crippen LogP contribution in [0.5, 0.6) is 0 Å². The van der Waals surface area contributed by atoms with Gasteiger partial charge in [0.2, 0.25) is 0 Å². The van der Waals surface area contributed by atoms with Crippen LogP contribution in [0.15, 0.2) is 79.1 Å². The Balaban J connectivity index is 1.87. The molecule has 0 saturated heterocycles. The minimum atomic E-state index is -0.205. The van der Waals surface area contributed by atoms with Gasteiger partial charge in [0.15, 0.2) is 0 Å². The quantitative estimate of drug-likeness (QED) is 0.399. The van der Waals surface area contributed by atoms with Gasteiger partial charge in [-0.25, -0.2) is 0 Å². The molecule has 5 nitrogen and oxygen atoms in total. The molecule has 0 saturated carbocycles. The van der Waals surface area contributed by atoms with E-state index in [0.29, 0.717) is 25.2 Å². The maximum atomic E-state index is 13.7. The van der Waals surface area contributed by atoms with Crippen LogP contribution in [0, 0.1) is 5.41 Å². The summed E-state index contributed by atoms with van der Waals surface area (Å²) >= 11 is 0. The normalized spacial score (nSPS) is 11.2. The predicted molar refractivity (Wildman–Crippen MR) is 142 cm³/mol. The Hall–Kier alpha value is -3.44. The number of hydrogen-bond acceptors (Lipinski definition) is 4. The zero-order chi connectivity index (χ0) is 24.7. The summed E-state index contributed by atoms with van der Waals surface area (Å²) < 4.78 is 0. The second-order valence-electron chi connectivity index (χ2n) is 9.61. The summed E-state index contributed by atoms with van der Waals surface area (Å²) in [6.45, 7) is 13.6. The summed E-state index contributed by atoms with van der Waals surface area (Å²) in [6.07, 6.45) is 2.70. The van der Waals surface area contributed by atoms with E-state index in [1.807, 2.05) is 42.2 Å². The molecule has 1 amide bonds. The van der Waals surface area contributed by atoms with E-state index >= 15 is 0 Å². The highest BCUT2D eigenvalue weighted by atomic mass is 16.2. The third kappa shape index (κ3) is 6.78. The van der Waals surface area contributed by atoms with E-state index in [0.717, 1.165) is 34.6 Å². The first-order chi connectivity index (χ1) is 16.2. The average Bonchev–Trinajstić information content (AvgIpc) is 2.84. The van der Waals surface area contributed by atoms with Crippen molar-refractivity contribution < 1.29 is 4.79 Å². The maximum absolute atomic E-state index is 13.7. The molecule has 0 aliphatic rings. The number of allylic oxidation sites excluding steroid dienone is 1. The van der Waals surface area contributed by atoms with E-state index in [1.165, 1.54) is 5.56 Å². The summed E-state index contributed by atoms with van der Waals surface area (Å²) in [7, 11) is 0. The summed E-state index contributed by atoms with van der Waals surface area (Å²) in [5, 5.41) is 3.21. The molecule has 34 heavy (non-hydrogen) atoms. The fourth-order valence-corrected chi connectivity index (χ4v) is 3.76. The van der Waals surface area contributed by atoms with E-state index in [2.05, 4.69) is 61.9 Å². The minimum Gasteiger partial charge on any atom is -0.360 e. The van der Waals surface area contributed by atoms with Crippen LogP contribution in [0.4, 0.5) is 5.69 Å². The van der Waals surface area contributed by atoms with E-state index < -0.39 is 0 Å². The molecule has 0 spiro atoms. The van der Waals surface area contributed by atoms with Gasteiger partial charge in [-0.2, -0.15) is 0 Å². The summed E-state index contributed by atoms with van der Waals surface area (Å²) in [6, 6.07) is 20.1. The van der Waals surface area contributed by atoms with Crippen LogP contribution in [-0.4, -0.2) is 28.9 Å². The molecule has 1 heterocycles. The zero-order valence-electron chi connectivity index (χ0n) is 20.8. The maximum Gasteiger partial charge on any atom is 0.254 e. The van der Waals surface area contributed by atoms with Crippen LogP contribution < -0.4 is 11.1 Å². The predicted octanol–water partition coefficient (Wildman–Crippen LogP) is 5.88. The highest BCUT2D eigenvalue weighted by Gasteiger charge is 2.25. The van der Waals surface area contributed by atoms with Gasteiger partial charge < -0.3 is 16.0 Å². The van der Waals surface area contributed by atoms with E-state index in [9.17, 15) is 4.79 Å². The van der Waals surface area contributed by atoms with Crippen molar-refractivity contribution in [2.75, 3.05) is 18.4 Å². The average molecular weight is 457 g/mol. The Labute approximate surface area is 203 Å². The second kappa shape index (κ2) is 11.1. The molecule has 3 rings (SSSR count). The van der Waals surface area contributed by atoms with Gasteiger partial charge in [0.25, 0.3) is 5.91 Å². The number of rotatable bonds is 10. The number of pyridine rings is 1. The number of carbonyl (C=O) groups excluding carboxylic acids is 1. The van der Waals surface area contributed by atoms with Crippen molar-refractivity contribution >= 4 is 11.6 Å².